The van der Waals surface area contributed by atoms with Crippen LogP contribution in [0.4, 0.5) is 0 Å². The molecule has 3 N–H and O–H groups in total. The average Bonchev–Trinajstić information content (AvgIpc) is 2.03. The van der Waals surface area contributed by atoms with Gasteiger partial charge in [0, 0.05) is 13.1 Å². The maximum atomic E-state index is 11.1. The number of aliphatic hydroxyl groups is 1. The Labute approximate surface area is 76.9 Å². The minimum absolute atomic E-state index is 0.138. The van der Waals surface area contributed by atoms with Crippen molar-refractivity contribution in [2.45, 2.75) is 25.4 Å². The number of carboxylic acid groups (broad SMARTS) is 1. The summed E-state index contributed by atoms with van der Waals surface area (Å²) in [7, 11) is 0. The minimum atomic E-state index is -0.902. The molecule has 1 aliphatic heterocycles. The van der Waals surface area contributed by atoms with Crippen LogP contribution in [-0.4, -0.2) is 35.4 Å². The van der Waals surface area contributed by atoms with Crippen molar-refractivity contribution >= 4 is 5.97 Å². The highest BCUT2D eigenvalue weighted by molar-refractivity contribution is 5.76. The first-order chi connectivity index (χ1) is 6.17. The summed E-state index contributed by atoms with van der Waals surface area (Å²) in [6.45, 7) is 1.18. The van der Waals surface area contributed by atoms with Gasteiger partial charge in [0.15, 0.2) is 0 Å². The van der Waals surface area contributed by atoms with Gasteiger partial charge >= 0.3 is 5.97 Å². The molecular formula is C9H15NO3. The first kappa shape index (κ1) is 8.97. The molecular weight excluding hydrogens is 170 g/mol. The molecule has 0 amide bonds. The molecule has 0 spiro atoms. The number of carbonyl (C=O) groups is 1. The van der Waals surface area contributed by atoms with E-state index in [1.54, 1.807) is 0 Å². The Morgan fingerprint density at radius 2 is 2.31 bits per heavy atom. The number of piperidine rings is 1. The molecule has 0 aromatic carbocycles. The lowest BCUT2D eigenvalue weighted by molar-refractivity contribution is -0.167. The average molecular weight is 185 g/mol. The Morgan fingerprint density at radius 3 is 2.92 bits per heavy atom. The van der Waals surface area contributed by atoms with Crippen LogP contribution in [0.1, 0.15) is 19.3 Å². The third kappa shape index (κ3) is 1.16. The summed E-state index contributed by atoms with van der Waals surface area (Å²) >= 11 is 0. The zero-order valence-corrected chi connectivity index (χ0v) is 7.49. The van der Waals surface area contributed by atoms with Crippen molar-refractivity contribution in [1.29, 1.82) is 0 Å². The van der Waals surface area contributed by atoms with Crippen molar-refractivity contribution in [2.75, 3.05) is 13.1 Å². The lowest BCUT2D eigenvalue weighted by Crippen LogP contribution is -2.60. The molecule has 1 saturated heterocycles. The van der Waals surface area contributed by atoms with Crippen molar-refractivity contribution in [3.8, 4) is 0 Å². The third-order valence-corrected chi connectivity index (χ3v) is 3.48. The predicted octanol–water partition coefficient (Wildman–Crippen LogP) is -0.178. The maximum absolute atomic E-state index is 11.1. The van der Waals surface area contributed by atoms with Gasteiger partial charge in [0.05, 0.1) is 6.10 Å². The normalized spacial score (nSPS) is 44.4. The van der Waals surface area contributed by atoms with Crippen LogP contribution in [0.15, 0.2) is 0 Å². The molecule has 2 aliphatic rings. The van der Waals surface area contributed by atoms with Crippen molar-refractivity contribution < 1.29 is 15.0 Å². The van der Waals surface area contributed by atoms with E-state index in [0.717, 1.165) is 19.4 Å². The van der Waals surface area contributed by atoms with Gasteiger partial charge in [-0.3, -0.25) is 4.79 Å². The molecule has 1 heterocycles. The minimum Gasteiger partial charge on any atom is -0.481 e. The van der Waals surface area contributed by atoms with Gasteiger partial charge in [-0.1, -0.05) is 6.42 Å². The summed E-state index contributed by atoms with van der Waals surface area (Å²) in [4.78, 5) is 11.1. The fourth-order valence-electron chi connectivity index (χ4n) is 2.63. The molecule has 2 fully saturated rings. The van der Waals surface area contributed by atoms with E-state index in [4.69, 9.17) is 5.11 Å². The van der Waals surface area contributed by atoms with Gasteiger partial charge in [0.25, 0.3) is 0 Å². The quantitative estimate of drug-likeness (QED) is 0.530. The highest BCUT2D eigenvalue weighted by atomic mass is 16.4. The van der Waals surface area contributed by atoms with Gasteiger partial charge in [-0.15, -0.1) is 0 Å². The van der Waals surface area contributed by atoms with Crippen LogP contribution in [-0.2, 0) is 4.79 Å². The second-order valence-electron chi connectivity index (χ2n) is 4.19. The molecule has 0 aromatic heterocycles. The van der Waals surface area contributed by atoms with Crippen LogP contribution in [0, 0.1) is 11.3 Å². The number of hydrogen-bond donors (Lipinski definition) is 3. The molecule has 0 radical (unpaired) electrons. The third-order valence-electron chi connectivity index (χ3n) is 3.48. The molecule has 2 bridgehead atoms. The van der Waals surface area contributed by atoms with Crippen molar-refractivity contribution in [1.82, 2.24) is 5.32 Å². The van der Waals surface area contributed by atoms with E-state index in [1.807, 2.05) is 0 Å². The van der Waals surface area contributed by atoms with E-state index in [-0.39, 0.29) is 5.92 Å². The first-order valence-corrected chi connectivity index (χ1v) is 4.79. The Hall–Kier alpha value is -0.610. The topological polar surface area (TPSA) is 69.6 Å². The molecule has 4 heteroatoms. The van der Waals surface area contributed by atoms with Gasteiger partial charge < -0.3 is 15.5 Å². The summed E-state index contributed by atoms with van der Waals surface area (Å²) in [5.74, 6) is -0.712. The van der Waals surface area contributed by atoms with Crippen molar-refractivity contribution in [3.05, 3.63) is 0 Å². The standard InChI is InChI=1S/C9H15NO3/c11-7-6-2-1-3-9(7,8(12)13)5-10-4-6/h6-7,10-11H,1-5H2,(H,12,13). The number of hydrogen-bond acceptors (Lipinski definition) is 3. The number of aliphatic hydroxyl groups excluding tert-OH is 1. The Morgan fingerprint density at radius 1 is 1.54 bits per heavy atom. The summed E-state index contributed by atoms with van der Waals surface area (Å²) < 4.78 is 0. The summed E-state index contributed by atoms with van der Waals surface area (Å²) in [6, 6.07) is 0. The SMILES string of the molecule is O=C(O)C12CCCC(CNC1)C2O. The van der Waals surface area contributed by atoms with Crippen LogP contribution in [0.5, 0.6) is 0 Å². The second kappa shape index (κ2) is 2.96. The Kier molecular flexibility index (Phi) is 2.04. The van der Waals surface area contributed by atoms with E-state index in [1.165, 1.54) is 0 Å². The van der Waals surface area contributed by atoms with E-state index in [0.29, 0.717) is 13.0 Å². The largest absolute Gasteiger partial charge is 0.481 e. The number of nitrogens with one attached hydrogen (secondary N) is 1. The fourth-order valence-corrected chi connectivity index (χ4v) is 2.63. The van der Waals surface area contributed by atoms with Crippen LogP contribution in [0.2, 0.25) is 0 Å². The summed E-state index contributed by atoms with van der Waals surface area (Å²) in [5.41, 5.74) is -0.902. The van der Waals surface area contributed by atoms with Crippen molar-refractivity contribution in [2.24, 2.45) is 11.3 Å². The van der Waals surface area contributed by atoms with Gasteiger partial charge in [-0.2, -0.15) is 0 Å². The molecule has 74 valence electrons. The zero-order chi connectivity index (χ0) is 9.47. The Balaban J connectivity index is 2.28. The first-order valence-electron chi connectivity index (χ1n) is 4.79. The van der Waals surface area contributed by atoms with E-state index in [2.05, 4.69) is 5.32 Å². The van der Waals surface area contributed by atoms with Gasteiger partial charge in [0.2, 0.25) is 0 Å². The van der Waals surface area contributed by atoms with Crippen LogP contribution in [0.25, 0.3) is 0 Å². The van der Waals surface area contributed by atoms with Gasteiger partial charge in [-0.05, 0) is 18.8 Å². The smallest absolute Gasteiger partial charge is 0.313 e. The summed E-state index contributed by atoms with van der Waals surface area (Å²) in [5, 5.41) is 22.1. The summed E-state index contributed by atoms with van der Waals surface area (Å²) in [6.07, 6.45) is 1.83. The molecule has 1 saturated carbocycles. The number of rotatable bonds is 1. The molecule has 0 aromatic rings. The monoisotopic (exact) mass is 185 g/mol. The van der Waals surface area contributed by atoms with E-state index < -0.39 is 17.5 Å². The van der Waals surface area contributed by atoms with Crippen LogP contribution < -0.4 is 5.32 Å². The molecule has 4 nitrogen and oxygen atoms in total. The second-order valence-corrected chi connectivity index (χ2v) is 4.19. The Bertz CT molecular complexity index is 219. The van der Waals surface area contributed by atoms with Gasteiger partial charge in [-0.25, -0.2) is 0 Å². The number of fused-ring (bicyclic) bond motifs is 2. The molecule has 1 aliphatic carbocycles. The number of aliphatic carboxylic acids is 1. The lowest BCUT2D eigenvalue weighted by atomic mass is 9.65. The number of carboxylic acids is 1. The van der Waals surface area contributed by atoms with Crippen LogP contribution in [0.3, 0.4) is 0 Å². The van der Waals surface area contributed by atoms with Crippen molar-refractivity contribution in [3.63, 3.8) is 0 Å². The van der Waals surface area contributed by atoms with Crippen LogP contribution >= 0.6 is 0 Å². The maximum Gasteiger partial charge on any atom is 0.313 e. The highest BCUT2D eigenvalue weighted by Crippen LogP contribution is 2.41. The van der Waals surface area contributed by atoms with E-state index >= 15 is 0 Å². The molecule has 2 rings (SSSR count). The zero-order valence-electron chi connectivity index (χ0n) is 7.49. The fraction of sp³-hybridized carbons (Fsp3) is 0.889. The lowest BCUT2D eigenvalue weighted by Gasteiger charge is -2.46. The molecule has 3 unspecified atom stereocenters. The molecule has 3 atom stereocenters. The highest BCUT2D eigenvalue weighted by Gasteiger charge is 2.52. The van der Waals surface area contributed by atoms with E-state index in [9.17, 15) is 9.90 Å². The molecule has 13 heavy (non-hydrogen) atoms. The predicted molar refractivity (Wildman–Crippen MR) is 46.3 cm³/mol. The van der Waals surface area contributed by atoms with Gasteiger partial charge in [0.1, 0.15) is 5.41 Å².